The third kappa shape index (κ3) is 6.30. The van der Waals surface area contributed by atoms with Crippen molar-refractivity contribution in [1.82, 2.24) is 5.32 Å². The zero-order valence-corrected chi connectivity index (χ0v) is 16.5. The van der Waals surface area contributed by atoms with E-state index in [0.717, 1.165) is 10.6 Å². The Morgan fingerprint density at radius 1 is 1.07 bits per heavy atom. The lowest BCUT2D eigenvalue weighted by atomic mass is 10.1. The van der Waals surface area contributed by atoms with Crippen molar-refractivity contribution >= 4 is 29.3 Å². The molecule has 1 atom stereocenters. The molecule has 2 aromatic carbocycles. The van der Waals surface area contributed by atoms with Crippen molar-refractivity contribution in [3.63, 3.8) is 0 Å². The highest BCUT2D eigenvalue weighted by Crippen LogP contribution is 2.26. The molecule has 0 radical (unpaired) electrons. The van der Waals surface area contributed by atoms with Crippen LogP contribution in [0.3, 0.4) is 0 Å². The van der Waals surface area contributed by atoms with Crippen LogP contribution in [0.25, 0.3) is 0 Å². The minimum Gasteiger partial charge on any atom is -0.497 e. The second-order valence-corrected chi connectivity index (χ2v) is 7.13. The van der Waals surface area contributed by atoms with Crippen molar-refractivity contribution in [2.24, 2.45) is 0 Å². The first-order valence-corrected chi connectivity index (χ1v) is 9.41. The second-order valence-electron chi connectivity index (χ2n) is 5.72. The number of methoxy groups -OCH3 is 2. The summed E-state index contributed by atoms with van der Waals surface area (Å²) in [5.41, 5.74) is 0.906. The summed E-state index contributed by atoms with van der Waals surface area (Å²) in [6.45, 7) is 2.66. The summed E-state index contributed by atoms with van der Waals surface area (Å²) >= 11 is 1.44. The Kier molecular flexibility index (Phi) is 8.16. The molecular weight excluding hydrogens is 364 g/mol. The van der Waals surface area contributed by atoms with Gasteiger partial charge >= 0.3 is 0 Å². The standard InChI is InChI=1S/C20H24N2O4S/c1-14(27-16-10-8-15(26-3)9-11-16)19(23)22-18-7-5-4-6-17(18)20(24)21-12-13-25-2/h4-11,14H,12-13H2,1-3H3,(H,21,24)(H,22,23)/t14-/m1/s1. The number of carbonyl (C=O) groups excluding carboxylic acids is 2. The molecule has 0 fully saturated rings. The topological polar surface area (TPSA) is 76.7 Å². The van der Waals surface area contributed by atoms with Crippen molar-refractivity contribution < 1.29 is 19.1 Å². The minimum atomic E-state index is -0.331. The van der Waals surface area contributed by atoms with Gasteiger partial charge in [0.05, 0.1) is 30.2 Å². The van der Waals surface area contributed by atoms with E-state index in [2.05, 4.69) is 10.6 Å². The molecule has 27 heavy (non-hydrogen) atoms. The fourth-order valence-corrected chi connectivity index (χ4v) is 3.17. The van der Waals surface area contributed by atoms with Crippen LogP contribution in [0, 0.1) is 0 Å². The van der Waals surface area contributed by atoms with Crippen LogP contribution in [0.1, 0.15) is 17.3 Å². The van der Waals surface area contributed by atoms with Crippen LogP contribution >= 0.6 is 11.8 Å². The summed E-state index contributed by atoms with van der Waals surface area (Å²) in [5.74, 6) is 0.344. The zero-order chi connectivity index (χ0) is 19.6. The number of thioether (sulfide) groups is 1. The normalized spacial score (nSPS) is 11.5. The molecule has 0 aromatic heterocycles. The maximum atomic E-state index is 12.6. The highest BCUT2D eigenvalue weighted by molar-refractivity contribution is 8.00. The van der Waals surface area contributed by atoms with Crippen molar-refractivity contribution in [2.45, 2.75) is 17.1 Å². The molecule has 7 heteroatoms. The van der Waals surface area contributed by atoms with Gasteiger partial charge in [-0.25, -0.2) is 0 Å². The lowest BCUT2D eigenvalue weighted by Crippen LogP contribution is -2.29. The maximum Gasteiger partial charge on any atom is 0.253 e. The quantitative estimate of drug-likeness (QED) is 0.510. The van der Waals surface area contributed by atoms with E-state index >= 15 is 0 Å². The summed E-state index contributed by atoms with van der Waals surface area (Å²) in [6.07, 6.45) is 0. The third-order valence-corrected chi connectivity index (χ3v) is 4.87. The van der Waals surface area contributed by atoms with Crippen LogP contribution in [0.5, 0.6) is 5.75 Å². The molecule has 0 heterocycles. The fraction of sp³-hybridized carbons (Fsp3) is 0.300. The lowest BCUT2D eigenvalue weighted by molar-refractivity contribution is -0.115. The third-order valence-electron chi connectivity index (χ3n) is 3.76. The van der Waals surface area contributed by atoms with E-state index in [0.29, 0.717) is 24.4 Å². The monoisotopic (exact) mass is 388 g/mol. The number of para-hydroxylation sites is 1. The predicted octanol–water partition coefficient (Wildman–Crippen LogP) is 3.19. The molecule has 0 saturated carbocycles. The van der Waals surface area contributed by atoms with Crippen LogP contribution in [0.15, 0.2) is 53.4 Å². The van der Waals surface area contributed by atoms with Crippen LogP contribution in [-0.2, 0) is 9.53 Å². The highest BCUT2D eigenvalue weighted by Gasteiger charge is 2.18. The molecule has 0 aliphatic carbocycles. The molecule has 2 aromatic rings. The molecule has 0 aliphatic rings. The number of nitrogens with one attached hydrogen (secondary N) is 2. The predicted molar refractivity (Wildman–Crippen MR) is 108 cm³/mol. The van der Waals surface area contributed by atoms with Gasteiger partial charge in [0.15, 0.2) is 0 Å². The number of amides is 2. The number of ether oxygens (including phenoxy) is 2. The van der Waals surface area contributed by atoms with Gasteiger partial charge < -0.3 is 20.1 Å². The summed E-state index contributed by atoms with van der Waals surface area (Å²) in [7, 11) is 3.18. The molecule has 6 nitrogen and oxygen atoms in total. The fourth-order valence-electron chi connectivity index (χ4n) is 2.30. The second kappa shape index (κ2) is 10.6. The molecule has 2 N–H and O–H groups in total. The number of carbonyl (C=O) groups is 2. The van der Waals surface area contributed by atoms with E-state index in [4.69, 9.17) is 9.47 Å². The van der Waals surface area contributed by atoms with E-state index in [1.165, 1.54) is 11.8 Å². The average molecular weight is 388 g/mol. The Morgan fingerprint density at radius 2 is 1.78 bits per heavy atom. The van der Waals surface area contributed by atoms with Gasteiger partial charge in [0.2, 0.25) is 5.91 Å². The van der Waals surface area contributed by atoms with E-state index in [1.807, 2.05) is 31.2 Å². The van der Waals surface area contributed by atoms with Crippen LogP contribution < -0.4 is 15.4 Å². The Labute approximate surface area is 163 Å². The zero-order valence-electron chi connectivity index (χ0n) is 15.7. The van der Waals surface area contributed by atoms with Crippen molar-refractivity contribution in [2.75, 3.05) is 32.7 Å². The van der Waals surface area contributed by atoms with E-state index < -0.39 is 0 Å². The van der Waals surface area contributed by atoms with E-state index in [1.54, 1.807) is 38.5 Å². The molecule has 144 valence electrons. The number of hydrogen-bond donors (Lipinski definition) is 2. The first-order valence-electron chi connectivity index (χ1n) is 8.53. The Hall–Kier alpha value is -2.51. The molecule has 0 saturated heterocycles. The minimum absolute atomic E-state index is 0.173. The van der Waals surface area contributed by atoms with Gasteiger partial charge in [-0.3, -0.25) is 9.59 Å². The summed E-state index contributed by atoms with van der Waals surface area (Å²) in [5, 5.41) is 5.28. The van der Waals surface area contributed by atoms with Gasteiger partial charge in [0, 0.05) is 18.6 Å². The van der Waals surface area contributed by atoms with Gasteiger partial charge in [0.1, 0.15) is 5.75 Å². The number of benzene rings is 2. The molecule has 2 rings (SSSR count). The van der Waals surface area contributed by atoms with Gasteiger partial charge in [-0.2, -0.15) is 0 Å². The van der Waals surface area contributed by atoms with Gasteiger partial charge in [0.25, 0.3) is 5.91 Å². The molecule has 0 spiro atoms. The Bertz CT molecular complexity index is 765. The first kappa shape index (κ1) is 20.8. The summed E-state index contributed by atoms with van der Waals surface area (Å²) < 4.78 is 10.1. The van der Waals surface area contributed by atoms with Gasteiger partial charge in [-0.15, -0.1) is 11.8 Å². The summed E-state index contributed by atoms with van der Waals surface area (Å²) in [6, 6.07) is 14.5. The molecule has 0 bridgehead atoms. The van der Waals surface area contributed by atoms with Gasteiger partial charge in [-0.05, 0) is 43.3 Å². The number of rotatable bonds is 9. The smallest absolute Gasteiger partial charge is 0.253 e. The SMILES string of the molecule is COCCNC(=O)c1ccccc1NC(=O)[C@@H](C)Sc1ccc(OC)cc1. The van der Waals surface area contributed by atoms with Gasteiger partial charge in [-0.1, -0.05) is 12.1 Å². The average Bonchev–Trinajstić information content (AvgIpc) is 2.69. The van der Waals surface area contributed by atoms with Crippen LogP contribution in [-0.4, -0.2) is 44.4 Å². The van der Waals surface area contributed by atoms with E-state index in [-0.39, 0.29) is 17.1 Å². The first-order chi connectivity index (χ1) is 13.0. The molecule has 0 aliphatic heterocycles. The number of hydrogen-bond acceptors (Lipinski definition) is 5. The maximum absolute atomic E-state index is 12.6. The largest absolute Gasteiger partial charge is 0.497 e. The van der Waals surface area contributed by atoms with E-state index in [9.17, 15) is 9.59 Å². The van der Waals surface area contributed by atoms with Crippen molar-refractivity contribution in [3.05, 3.63) is 54.1 Å². The highest BCUT2D eigenvalue weighted by atomic mass is 32.2. The van der Waals surface area contributed by atoms with Crippen molar-refractivity contribution in [3.8, 4) is 5.75 Å². The molecular formula is C20H24N2O4S. The van der Waals surface area contributed by atoms with Crippen molar-refractivity contribution in [1.29, 1.82) is 0 Å². The lowest BCUT2D eigenvalue weighted by Gasteiger charge is -2.15. The molecule has 0 unspecified atom stereocenters. The number of anilines is 1. The summed E-state index contributed by atoms with van der Waals surface area (Å²) in [4.78, 5) is 25.8. The Balaban J connectivity index is 2.00. The van der Waals surface area contributed by atoms with Crippen LogP contribution in [0.4, 0.5) is 5.69 Å². The molecule has 2 amide bonds. The Morgan fingerprint density at radius 3 is 2.44 bits per heavy atom. The van der Waals surface area contributed by atoms with Crippen LogP contribution in [0.2, 0.25) is 0 Å².